The molecule has 1 aliphatic carbocycles. The lowest BCUT2D eigenvalue weighted by Crippen LogP contribution is -2.54. The van der Waals surface area contributed by atoms with Gasteiger partial charge in [0, 0.05) is 37.3 Å². The third-order valence-corrected chi connectivity index (χ3v) is 6.74. The fourth-order valence-electron chi connectivity index (χ4n) is 5.01. The van der Waals surface area contributed by atoms with E-state index in [2.05, 4.69) is 37.6 Å². The first-order chi connectivity index (χ1) is 9.86. The Labute approximate surface area is 131 Å². The van der Waals surface area contributed by atoms with Gasteiger partial charge in [-0.05, 0) is 56.9 Å². The van der Waals surface area contributed by atoms with E-state index in [1.807, 2.05) is 0 Å². The largest absolute Gasteiger partial charge is 0.326 e. The highest BCUT2D eigenvalue weighted by Gasteiger charge is 2.41. The summed E-state index contributed by atoms with van der Waals surface area (Å²) in [5, 5.41) is 0. The number of likely N-dealkylation sites (tertiary alicyclic amines) is 1. The van der Waals surface area contributed by atoms with Gasteiger partial charge in [0.2, 0.25) is 0 Å². The molecule has 0 aromatic heterocycles. The van der Waals surface area contributed by atoms with E-state index in [0.29, 0.717) is 17.5 Å². The monoisotopic (exact) mass is 293 g/mol. The molecule has 3 rings (SSSR count). The summed E-state index contributed by atoms with van der Waals surface area (Å²) in [6.07, 6.45) is 7.99. The maximum absolute atomic E-state index is 6.54. The predicted molar refractivity (Wildman–Crippen MR) is 89.3 cm³/mol. The molecule has 2 N–H and O–H groups in total. The number of nitrogens with two attached hydrogens (primary N) is 1. The summed E-state index contributed by atoms with van der Waals surface area (Å²) in [6, 6.07) is 2.62. The minimum Gasteiger partial charge on any atom is -0.326 e. The van der Waals surface area contributed by atoms with Gasteiger partial charge >= 0.3 is 0 Å². The van der Waals surface area contributed by atoms with Gasteiger partial charge in [0.15, 0.2) is 0 Å². The molecule has 3 nitrogen and oxygen atoms in total. The summed E-state index contributed by atoms with van der Waals surface area (Å²) in [5.74, 6) is 0.834. The van der Waals surface area contributed by atoms with Crippen molar-refractivity contribution in [3.63, 3.8) is 0 Å². The normalized spacial score (nSPS) is 43.0. The summed E-state index contributed by atoms with van der Waals surface area (Å²) < 4.78 is 0. The molecule has 0 radical (unpaired) electrons. The number of likely N-dealkylation sites (N-methyl/N-ethyl adjacent to an activating group) is 1. The van der Waals surface area contributed by atoms with Crippen molar-refractivity contribution in [1.29, 1.82) is 0 Å². The van der Waals surface area contributed by atoms with Crippen LogP contribution in [0.25, 0.3) is 0 Å². The van der Waals surface area contributed by atoms with E-state index in [1.165, 1.54) is 51.6 Å². The van der Waals surface area contributed by atoms with Crippen molar-refractivity contribution in [2.75, 3.05) is 20.1 Å². The lowest BCUT2D eigenvalue weighted by molar-refractivity contribution is 0.0637. The van der Waals surface area contributed by atoms with Gasteiger partial charge in [-0.2, -0.15) is 0 Å². The van der Waals surface area contributed by atoms with Crippen LogP contribution in [0.15, 0.2) is 0 Å². The maximum atomic E-state index is 6.54. The van der Waals surface area contributed by atoms with Gasteiger partial charge in [0.25, 0.3) is 0 Å². The highest BCUT2D eigenvalue weighted by atomic mass is 15.3. The van der Waals surface area contributed by atoms with Crippen molar-refractivity contribution in [2.45, 2.75) is 83.5 Å². The predicted octanol–water partition coefficient (Wildman–Crippen LogP) is 2.70. The second-order valence-electron chi connectivity index (χ2n) is 8.94. The first-order valence-electron chi connectivity index (χ1n) is 9.08. The second-order valence-corrected chi connectivity index (χ2v) is 8.94. The van der Waals surface area contributed by atoms with E-state index in [1.54, 1.807) is 0 Å². The third-order valence-electron chi connectivity index (χ3n) is 6.74. The molecule has 0 aromatic carbocycles. The van der Waals surface area contributed by atoms with Crippen LogP contribution in [0.1, 0.15) is 59.3 Å². The molecule has 2 saturated heterocycles. The number of nitrogens with zero attached hydrogens (tertiary/aromatic N) is 2. The Morgan fingerprint density at radius 2 is 1.67 bits per heavy atom. The van der Waals surface area contributed by atoms with Gasteiger partial charge in [0.1, 0.15) is 0 Å². The van der Waals surface area contributed by atoms with Crippen LogP contribution < -0.4 is 5.73 Å². The highest BCUT2D eigenvalue weighted by Crippen LogP contribution is 2.40. The molecule has 21 heavy (non-hydrogen) atoms. The molecular weight excluding hydrogens is 258 g/mol. The first kappa shape index (κ1) is 15.8. The average Bonchev–Trinajstić information content (AvgIpc) is 2.63. The smallest absolute Gasteiger partial charge is 0.0250 e. The van der Waals surface area contributed by atoms with Crippen LogP contribution in [0, 0.1) is 11.3 Å². The first-order valence-corrected chi connectivity index (χ1v) is 9.08. The van der Waals surface area contributed by atoms with E-state index in [4.69, 9.17) is 5.73 Å². The molecule has 5 unspecified atom stereocenters. The van der Waals surface area contributed by atoms with Crippen LogP contribution in [0.2, 0.25) is 0 Å². The maximum Gasteiger partial charge on any atom is 0.0250 e. The fraction of sp³-hybridized carbons (Fsp3) is 1.00. The third kappa shape index (κ3) is 3.16. The molecule has 0 spiro atoms. The van der Waals surface area contributed by atoms with Gasteiger partial charge < -0.3 is 5.73 Å². The molecule has 2 heterocycles. The van der Waals surface area contributed by atoms with Gasteiger partial charge in [-0.3, -0.25) is 9.80 Å². The van der Waals surface area contributed by atoms with Crippen LogP contribution >= 0.6 is 0 Å². The van der Waals surface area contributed by atoms with E-state index < -0.39 is 0 Å². The van der Waals surface area contributed by atoms with Crippen LogP contribution in [0.5, 0.6) is 0 Å². The molecule has 122 valence electrons. The molecule has 5 atom stereocenters. The van der Waals surface area contributed by atoms with E-state index >= 15 is 0 Å². The lowest BCUT2D eigenvalue weighted by Gasteiger charge is -2.45. The van der Waals surface area contributed by atoms with E-state index in [0.717, 1.165) is 18.0 Å². The Kier molecular flexibility index (Phi) is 4.37. The van der Waals surface area contributed by atoms with Crippen molar-refractivity contribution < 1.29 is 0 Å². The number of hydrogen-bond donors (Lipinski definition) is 1. The SMILES string of the molecule is CN1C2CCC1CN(C1CC(C(C)(C)C)CCC1N)CC2. The zero-order valence-corrected chi connectivity index (χ0v) is 14.5. The fourth-order valence-corrected chi connectivity index (χ4v) is 5.01. The summed E-state index contributed by atoms with van der Waals surface area (Å²) in [4.78, 5) is 5.42. The molecule has 1 saturated carbocycles. The molecule has 0 amide bonds. The van der Waals surface area contributed by atoms with Crippen LogP contribution in [-0.2, 0) is 0 Å². The summed E-state index contributed by atoms with van der Waals surface area (Å²) >= 11 is 0. The Hall–Kier alpha value is -0.120. The Balaban J connectivity index is 1.69. The Morgan fingerprint density at radius 3 is 2.38 bits per heavy atom. The van der Waals surface area contributed by atoms with Crippen molar-refractivity contribution in [2.24, 2.45) is 17.1 Å². The topological polar surface area (TPSA) is 32.5 Å². The molecule has 3 aliphatic rings. The zero-order valence-electron chi connectivity index (χ0n) is 14.5. The molecule has 2 aliphatic heterocycles. The minimum atomic E-state index is 0.394. The van der Waals surface area contributed by atoms with Crippen molar-refractivity contribution in [3.05, 3.63) is 0 Å². The number of fused-ring (bicyclic) bond motifs is 2. The van der Waals surface area contributed by atoms with E-state index in [-0.39, 0.29) is 0 Å². The number of rotatable bonds is 1. The minimum absolute atomic E-state index is 0.394. The molecule has 3 heteroatoms. The van der Waals surface area contributed by atoms with Crippen LogP contribution in [-0.4, -0.2) is 54.1 Å². The van der Waals surface area contributed by atoms with Crippen LogP contribution in [0.3, 0.4) is 0 Å². The standard InChI is InChI=1S/C18H35N3/c1-18(2,3)13-5-8-16(19)17(11-13)21-10-9-14-6-7-15(12-21)20(14)4/h13-17H,5-12,19H2,1-4H3. The van der Waals surface area contributed by atoms with Crippen molar-refractivity contribution >= 4 is 0 Å². The molecular formula is C18H35N3. The summed E-state index contributed by atoms with van der Waals surface area (Å²) in [6.45, 7) is 9.74. The van der Waals surface area contributed by atoms with Crippen LogP contribution in [0.4, 0.5) is 0 Å². The molecule has 0 aromatic rings. The second kappa shape index (κ2) is 5.82. The summed E-state index contributed by atoms with van der Waals surface area (Å²) in [7, 11) is 2.34. The van der Waals surface area contributed by atoms with Gasteiger partial charge in [0.05, 0.1) is 0 Å². The van der Waals surface area contributed by atoms with Gasteiger partial charge in [-0.15, -0.1) is 0 Å². The highest BCUT2D eigenvalue weighted by molar-refractivity contribution is 4.97. The average molecular weight is 293 g/mol. The lowest BCUT2D eigenvalue weighted by atomic mass is 9.69. The Bertz CT molecular complexity index is 362. The molecule has 2 bridgehead atoms. The summed E-state index contributed by atoms with van der Waals surface area (Å²) in [5.41, 5.74) is 6.97. The Morgan fingerprint density at radius 1 is 0.952 bits per heavy atom. The van der Waals surface area contributed by atoms with E-state index in [9.17, 15) is 0 Å². The number of hydrogen-bond acceptors (Lipinski definition) is 3. The molecule has 3 fully saturated rings. The van der Waals surface area contributed by atoms with Gasteiger partial charge in [-0.1, -0.05) is 20.8 Å². The quantitative estimate of drug-likeness (QED) is 0.807. The van der Waals surface area contributed by atoms with Crippen molar-refractivity contribution in [3.8, 4) is 0 Å². The zero-order chi connectivity index (χ0) is 15.2. The van der Waals surface area contributed by atoms with Crippen molar-refractivity contribution in [1.82, 2.24) is 9.80 Å². The van der Waals surface area contributed by atoms with Gasteiger partial charge in [-0.25, -0.2) is 0 Å².